The molecule has 0 unspecified atom stereocenters. The van der Waals surface area contributed by atoms with E-state index in [4.69, 9.17) is 4.74 Å². The van der Waals surface area contributed by atoms with Crippen LogP contribution < -0.4 is 0 Å². The van der Waals surface area contributed by atoms with Crippen molar-refractivity contribution < 1.29 is 14.3 Å². The number of amides is 1. The van der Waals surface area contributed by atoms with Gasteiger partial charge in [0.05, 0.1) is 16.6 Å². The molecule has 0 spiro atoms. The highest BCUT2D eigenvalue weighted by Crippen LogP contribution is 2.26. The minimum absolute atomic E-state index is 0.0243. The predicted molar refractivity (Wildman–Crippen MR) is 114 cm³/mol. The van der Waals surface area contributed by atoms with Crippen LogP contribution >= 0.6 is 0 Å². The van der Waals surface area contributed by atoms with Gasteiger partial charge in [-0.2, -0.15) is 0 Å². The lowest BCUT2D eigenvalue weighted by Crippen LogP contribution is -2.32. The lowest BCUT2D eigenvalue weighted by molar-refractivity contribution is 0.00656. The van der Waals surface area contributed by atoms with E-state index in [1.54, 1.807) is 12.4 Å². The number of ether oxygens (including phenoxy) is 1. The van der Waals surface area contributed by atoms with Crippen molar-refractivity contribution in [3.8, 4) is 0 Å². The molecule has 29 heavy (non-hydrogen) atoms. The Labute approximate surface area is 171 Å². The van der Waals surface area contributed by atoms with Crippen LogP contribution in [0.2, 0.25) is 0 Å². The molecule has 0 bridgehead atoms. The summed E-state index contributed by atoms with van der Waals surface area (Å²) in [4.78, 5) is 32.3. The summed E-state index contributed by atoms with van der Waals surface area (Å²) in [5, 5.41) is 0.843. The molecule has 0 radical (unpaired) electrons. The molecule has 2 aromatic heterocycles. The summed E-state index contributed by atoms with van der Waals surface area (Å²) in [6, 6.07) is 9.48. The second-order valence-corrected chi connectivity index (χ2v) is 8.22. The third kappa shape index (κ3) is 4.26. The zero-order chi connectivity index (χ0) is 21.2. The first-order valence-corrected chi connectivity index (χ1v) is 10.2. The average Bonchev–Trinajstić information content (AvgIpc) is 3.09. The molecule has 2 heterocycles. The number of imidazole rings is 1. The number of hydrogen-bond acceptors (Lipinski definition) is 4. The van der Waals surface area contributed by atoms with Gasteiger partial charge < -0.3 is 9.64 Å². The summed E-state index contributed by atoms with van der Waals surface area (Å²) in [5.74, 6) is -0.517. The fourth-order valence-corrected chi connectivity index (χ4v) is 3.50. The third-order valence-corrected chi connectivity index (χ3v) is 4.64. The van der Waals surface area contributed by atoms with E-state index in [1.807, 2.05) is 54.3 Å². The topological polar surface area (TPSA) is 63.9 Å². The minimum atomic E-state index is -0.623. The second-order valence-electron chi connectivity index (χ2n) is 8.22. The fourth-order valence-electron chi connectivity index (χ4n) is 3.50. The fraction of sp³-hybridized carbons (Fsp3) is 0.435. The Bertz CT molecular complexity index is 1040. The lowest BCUT2D eigenvalue weighted by Gasteiger charge is -2.23. The molecule has 0 aliphatic rings. The molecule has 6 nitrogen and oxygen atoms in total. The van der Waals surface area contributed by atoms with E-state index in [9.17, 15) is 9.59 Å². The van der Waals surface area contributed by atoms with Gasteiger partial charge in [0.2, 0.25) is 0 Å². The van der Waals surface area contributed by atoms with Crippen molar-refractivity contribution >= 4 is 28.3 Å². The molecular formula is C23H29N3O3. The Hall–Kier alpha value is -2.89. The van der Waals surface area contributed by atoms with Crippen molar-refractivity contribution in [3.63, 3.8) is 0 Å². The number of fused-ring (bicyclic) bond motifs is 3. The quantitative estimate of drug-likeness (QED) is 0.567. The molecule has 3 rings (SSSR count). The van der Waals surface area contributed by atoms with Crippen LogP contribution in [0.25, 0.3) is 16.4 Å². The van der Waals surface area contributed by atoms with Crippen molar-refractivity contribution in [2.45, 2.75) is 53.1 Å². The van der Waals surface area contributed by atoms with Crippen molar-refractivity contribution in [2.24, 2.45) is 0 Å². The van der Waals surface area contributed by atoms with Gasteiger partial charge in [-0.05, 0) is 45.7 Å². The van der Waals surface area contributed by atoms with E-state index in [-0.39, 0.29) is 11.6 Å². The summed E-state index contributed by atoms with van der Waals surface area (Å²) in [6.45, 7) is 11.0. The van der Waals surface area contributed by atoms with Crippen molar-refractivity contribution in [3.05, 3.63) is 47.9 Å². The number of aromatic nitrogens is 2. The minimum Gasteiger partial charge on any atom is -0.455 e. The molecule has 6 heteroatoms. The third-order valence-electron chi connectivity index (χ3n) is 4.64. The first-order valence-electron chi connectivity index (χ1n) is 10.2. The van der Waals surface area contributed by atoms with E-state index in [2.05, 4.69) is 18.8 Å². The Kier molecular flexibility index (Phi) is 5.91. The van der Waals surface area contributed by atoms with Gasteiger partial charge >= 0.3 is 5.97 Å². The lowest BCUT2D eigenvalue weighted by atomic mass is 10.1. The van der Waals surface area contributed by atoms with Crippen LogP contribution in [0.15, 0.2) is 36.7 Å². The average molecular weight is 396 g/mol. The molecule has 1 amide bonds. The number of benzene rings is 1. The monoisotopic (exact) mass is 395 g/mol. The number of hydrogen-bond donors (Lipinski definition) is 0. The van der Waals surface area contributed by atoms with Gasteiger partial charge in [-0.25, -0.2) is 9.78 Å². The Morgan fingerprint density at radius 1 is 1.07 bits per heavy atom. The largest absolute Gasteiger partial charge is 0.455 e. The maximum absolute atomic E-state index is 13.4. The molecule has 0 atom stereocenters. The van der Waals surface area contributed by atoms with E-state index in [0.717, 1.165) is 23.7 Å². The number of esters is 1. The molecule has 0 aliphatic heterocycles. The van der Waals surface area contributed by atoms with Crippen LogP contribution in [0, 0.1) is 0 Å². The van der Waals surface area contributed by atoms with E-state index < -0.39 is 11.6 Å². The molecule has 3 aromatic rings. The predicted octanol–water partition coefficient (Wildman–Crippen LogP) is 4.71. The summed E-state index contributed by atoms with van der Waals surface area (Å²) < 4.78 is 7.36. The Morgan fingerprint density at radius 3 is 2.34 bits per heavy atom. The zero-order valence-corrected chi connectivity index (χ0v) is 17.9. The number of para-hydroxylation sites is 1. The smallest absolute Gasteiger partial charge is 0.359 e. The molecule has 1 aromatic carbocycles. The molecule has 0 fully saturated rings. The van der Waals surface area contributed by atoms with Gasteiger partial charge in [0.15, 0.2) is 5.69 Å². The standard InChI is InChI=1S/C23H29N3O3/c1-6-12-25(13-7-2)21(27)17-14-19-20(22(28)29-23(3,4)5)24-15-26(19)18-11-9-8-10-16(17)18/h8-11,14-15H,6-7,12-13H2,1-5H3. The number of nitrogens with zero attached hydrogens (tertiary/aromatic N) is 3. The maximum atomic E-state index is 13.4. The van der Waals surface area contributed by atoms with Crippen LogP contribution in [0.3, 0.4) is 0 Å². The molecule has 0 aliphatic carbocycles. The molecule has 0 saturated heterocycles. The van der Waals surface area contributed by atoms with Crippen molar-refractivity contribution in [2.75, 3.05) is 13.1 Å². The Balaban J connectivity index is 2.19. The van der Waals surface area contributed by atoms with E-state index >= 15 is 0 Å². The van der Waals surface area contributed by atoms with Crippen LogP contribution in [-0.2, 0) is 4.74 Å². The highest BCUT2D eigenvalue weighted by atomic mass is 16.6. The summed E-state index contributed by atoms with van der Waals surface area (Å²) >= 11 is 0. The number of carbonyl (C=O) groups excluding carboxylic acids is 2. The van der Waals surface area contributed by atoms with E-state index in [0.29, 0.717) is 24.2 Å². The van der Waals surface area contributed by atoms with E-state index in [1.165, 1.54) is 0 Å². The highest BCUT2D eigenvalue weighted by Gasteiger charge is 2.25. The second kappa shape index (κ2) is 8.23. The van der Waals surface area contributed by atoms with Crippen LogP contribution in [0.5, 0.6) is 0 Å². The van der Waals surface area contributed by atoms with Gasteiger partial charge in [0.1, 0.15) is 11.9 Å². The van der Waals surface area contributed by atoms with Gasteiger partial charge in [-0.15, -0.1) is 0 Å². The summed E-state index contributed by atoms with van der Waals surface area (Å²) in [7, 11) is 0. The first kappa shape index (κ1) is 20.8. The zero-order valence-electron chi connectivity index (χ0n) is 17.9. The molecule has 0 saturated carbocycles. The SMILES string of the molecule is CCCN(CCC)C(=O)c1cc2c(C(=O)OC(C)(C)C)ncn2c2ccccc12. The summed E-state index contributed by atoms with van der Waals surface area (Å²) in [6.07, 6.45) is 3.39. The highest BCUT2D eigenvalue weighted by molar-refractivity contribution is 6.09. The maximum Gasteiger partial charge on any atom is 0.359 e. The first-order chi connectivity index (χ1) is 13.8. The van der Waals surface area contributed by atoms with Crippen molar-refractivity contribution in [1.29, 1.82) is 0 Å². The molecular weight excluding hydrogens is 366 g/mol. The normalized spacial score (nSPS) is 11.8. The molecule has 154 valence electrons. The van der Waals surface area contributed by atoms with Gasteiger partial charge in [0.25, 0.3) is 5.91 Å². The van der Waals surface area contributed by atoms with Gasteiger partial charge in [0, 0.05) is 18.5 Å². The molecule has 0 N–H and O–H groups in total. The van der Waals surface area contributed by atoms with Gasteiger partial charge in [-0.3, -0.25) is 9.20 Å². The van der Waals surface area contributed by atoms with Crippen molar-refractivity contribution in [1.82, 2.24) is 14.3 Å². The summed E-state index contributed by atoms with van der Waals surface area (Å²) in [5.41, 5.74) is 1.59. The number of rotatable bonds is 6. The van der Waals surface area contributed by atoms with Crippen LogP contribution in [0.4, 0.5) is 0 Å². The van der Waals surface area contributed by atoms with Crippen LogP contribution in [0.1, 0.15) is 68.3 Å². The number of pyridine rings is 1. The van der Waals surface area contributed by atoms with Gasteiger partial charge in [-0.1, -0.05) is 32.0 Å². The number of carbonyl (C=O) groups is 2. The van der Waals surface area contributed by atoms with Crippen LogP contribution in [-0.4, -0.2) is 44.9 Å². The Morgan fingerprint density at radius 2 is 1.72 bits per heavy atom.